The molecule has 0 aromatic carbocycles. The van der Waals surface area contributed by atoms with Gasteiger partial charge in [0.15, 0.2) is 5.54 Å². The molecule has 1 aliphatic rings. The second-order valence-electron chi connectivity index (χ2n) is 5.44. The molecular weight excluding hydrogens is 226 g/mol. The number of aliphatic hydroxyl groups is 2. The van der Waals surface area contributed by atoms with Gasteiger partial charge >= 0.3 is 5.97 Å². The Labute approximate surface area is 99.6 Å². The summed E-state index contributed by atoms with van der Waals surface area (Å²) in [5.41, 5.74) is -3.27. The largest absolute Gasteiger partial charge is 0.479 e. The summed E-state index contributed by atoms with van der Waals surface area (Å²) in [4.78, 5) is 23.1. The molecule has 6 heteroatoms. The molecule has 0 unspecified atom stereocenters. The second kappa shape index (κ2) is 3.96. The minimum atomic E-state index is -2.03. The highest BCUT2D eigenvalue weighted by Crippen LogP contribution is 2.39. The standard InChI is InChI=1S/C11H19NO5/c1-5(2)6(13)11(9(16)17)7(14)10(3,4)8(15)12-11/h5-7,13-14H,1-4H3,(H,12,15)(H,16,17)/t6-,7-,11+/m0/s1. The van der Waals surface area contributed by atoms with E-state index in [1.807, 2.05) is 0 Å². The Hall–Kier alpha value is -1.14. The number of carboxylic acid groups (broad SMARTS) is 1. The van der Waals surface area contributed by atoms with Gasteiger partial charge in [-0.05, 0) is 19.8 Å². The normalized spacial score (nSPS) is 33.6. The van der Waals surface area contributed by atoms with E-state index in [2.05, 4.69) is 5.32 Å². The Kier molecular flexibility index (Phi) is 3.24. The molecule has 17 heavy (non-hydrogen) atoms. The van der Waals surface area contributed by atoms with Gasteiger partial charge in [-0.3, -0.25) is 4.79 Å². The van der Waals surface area contributed by atoms with Gasteiger partial charge in [-0.1, -0.05) is 13.8 Å². The molecule has 0 aromatic heterocycles. The maximum atomic E-state index is 11.7. The van der Waals surface area contributed by atoms with Crippen LogP contribution in [0.25, 0.3) is 0 Å². The number of carboxylic acids is 1. The van der Waals surface area contributed by atoms with Gasteiger partial charge in [-0.15, -0.1) is 0 Å². The topological polar surface area (TPSA) is 107 Å². The van der Waals surface area contributed by atoms with E-state index in [-0.39, 0.29) is 0 Å². The van der Waals surface area contributed by atoms with Crippen molar-refractivity contribution in [3.05, 3.63) is 0 Å². The van der Waals surface area contributed by atoms with Crippen LogP contribution in [-0.2, 0) is 9.59 Å². The Morgan fingerprint density at radius 3 is 2.12 bits per heavy atom. The quantitative estimate of drug-likeness (QED) is 0.528. The number of aliphatic carboxylic acids is 1. The molecule has 1 fully saturated rings. The first-order valence-corrected chi connectivity index (χ1v) is 5.50. The van der Waals surface area contributed by atoms with E-state index in [0.29, 0.717) is 0 Å². The van der Waals surface area contributed by atoms with E-state index in [0.717, 1.165) is 0 Å². The zero-order valence-corrected chi connectivity index (χ0v) is 10.4. The summed E-state index contributed by atoms with van der Waals surface area (Å²) in [6.07, 6.45) is -2.85. The van der Waals surface area contributed by atoms with Crippen LogP contribution in [0.4, 0.5) is 0 Å². The van der Waals surface area contributed by atoms with Gasteiger partial charge in [-0.2, -0.15) is 0 Å². The van der Waals surface area contributed by atoms with Crippen molar-refractivity contribution in [3.63, 3.8) is 0 Å². The lowest BCUT2D eigenvalue weighted by Gasteiger charge is -2.36. The summed E-state index contributed by atoms with van der Waals surface area (Å²) in [6.45, 7) is 6.15. The average Bonchev–Trinajstić information content (AvgIpc) is 2.39. The summed E-state index contributed by atoms with van der Waals surface area (Å²) < 4.78 is 0. The number of rotatable bonds is 3. The first kappa shape index (κ1) is 13.9. The number of hydrogen-bond acceptors (Lipinski definition) is 4. The van der Waals surface area contributed by atoms with Crippen LogP contribution in [0.5, 0.6) is 0 Å². The number of amides is 1. The van der Waals surface area contributed by atoms with Crippen LogP contribution in [0.2, 0.25) is 0 Å². The molecule has 0 radical (unpaired) electrons. The lowest BCUT2D eigenvalue weighted by molar-refractivity contribution is -0.160. The highest BCUT2D eigenvalue weighted by Gasteiger charge is 2.65. The van der Waals surface area contributed by atoms with Crippen LogP contribution in [0.1, 0.15) is 27.7 Å². The molecule has 6 nitrogen and oxygen atoms in total. The third-order valence-corrected chi connectivity index (χ3v) is 3.47. The number of carbonyl (C=O) groups is 2. The molecule has 0 aromatic rings. The zero-order valence-electron chi connectivity index (χ0n) is 10.4. The van der Waals surface area contributed by atoms with Gasteiger partial charge in [0.1, 0.15) is 6.10 Å². The molecule has 0 bridgehead atoms. The molecule has 98 valence electrons. The van der Waals surface area contributed by atoms with Gasteiger partial charge in [0.2, 0.25) is 5.91 Å². The average molecular weight is 245 g/mol. The fourth-order valence-corrected chi connectivity index (χ4v) is 2.17. The molecule has 1 aliphatic heterocycles. The van der Waals surface area contributed by atoms with Crippen LogP contribution >= 0.6 is 0 Å². The van der Waals surface area contributed by atoms with E-state index >= 15 is 0 Å². The molecule has 1 saturated heterocycles. The number of aliphatic hydroxyl groups excluding tert-OH is 2. The highest BCUT2D eigenvalue weighted by atomic mass is 16.4. The van der Waals surface area contributed by atoms with Gasteiger partial charge in [0.25, 0.3) is 0 Å². The van der Waals surface area contributed by atoms with E-state index in [9.17, 15) is 24.9 Å². The van der Waals surface area contributed by atoms with Crippen molar-refractivity contribution in [2.75, 3.05) is 0 Å². The third-order valence-electron chi connectivity index (χ3n) is 3.47. The summed E-state index contributed by atoms with van der Waals surface area (Å²) in [7, 11) is 0. The maximum Gasteiger partial charge on any atom is 0.334 e. The van der Waals surface area contributed by atoms with E-state index in [1.165, 1.54) is 13.8 Å². The zero-order chi connectivity index (χ0) is 13.6. The van der Waals surface area contributed by atoms with Crippen molar-refractivity contribution in [1.29, 1.82) is 0 Å². The Bertz CT molecular complexity index is 352. The minimum Gasteiger partial charge on any atom is -0.479 e. The molecule has 0 aliphatic carbocycles. The number of hydrogen-bond donors (Lipinski definition) is 4. The summed E-state index contributed by atoms with van der Waals surface area (Å²) in [5, 5.41) is 31.6. The van der Waals surface area contributed by atoms with Gasteiger partial charge in [0.05, 0.1) is 11.5 Å². The molecule has 3 atom stereocenters. The SMILES string of the molecule is CC(C)[C@H](O)[C@@]1(C(=O)O)NC(=O)C(C)(C)[C@@H]1O. The van der Waals surface area contributed by atoms with Crippen molar-refractivity contribution in [2.45, 2.75) is 45.4 Å². The highest BCUT2D eigenvalue weighted by molar-refractivity contribution is 5.96. The Balaban J connectivity index is 3.30. The van der Waals surface area contributed by atoms with Crippen LogP contribution in [0.3, 0.4) is 0 Å². The summed E-state index contributed by atoms with van der Waals surface area (Å²) in [6, 6.07) is 0. The Morgan fingerprint density at radius 1 is 1.41 bits per heavy atom. The minimum absolute atomic E-state index is 0.407. The molecule has 0 saturated carbocycles. The predicted octanol–water partition coefficient (Wildman–Crippen LogP) is -0.656. The molecule has 4 N–H and O–H groups in total. The fraction of sp³-hybridized carbons (Fsp3) is 0.818. The van der Waals surface area contributed by atoms with Crippen LogP contribution in [0, 0.1) is 11.3 Å². The van der Waals surface area contributed by atoms with Crippen LogP contribution in [-0.4, -0.2) is 44.9 Å². The van der Waals surface area contributed by atoms with Crippen LogP contribution in [0.15, 0.2) is 0 Å². The van der Waals surface area contributed by atoms with Gasteiger partial charge in [-0.25, -0.2) is 4.79 Å². The fourth-order valence-electron chi connectivity index (χ4n) is 2.17. The lowest BCUT2D eigenvalue weighted by Crippen LogP contribution is -2.65. The molecule has 1 heterocycles. The summed E-state index contributed by atoms with van der Waals surface area (Å²) >= 11 is 0. The second-order valence-corrected chi connectivity index (χ2v) is 5.44. The maximum absolute atomic E-state index is 11.7. The van der Waals surface area contributed by atoms with E-state index in [1.54, 1.807) is 13.8 Å². The molecule has 0 spiro atoms. The number of carbonyl (C=O) groups excluding carboxylic acids is 1. The smallest absolute Gasteiger partial charge is 0.334 e. The van der Waals surface area contributed by atoms with E-state index < -0.39 is 41.0 Å². The van der Waals surface area contributed by atoms with Crippen molar-refractivity contribution < 1.29 is 24.9 Å². The van der Waals surface area contributed by atoms with Gasteiger partial charge in [0, 0.05) is 0 Å². The summed E-state index contributed by atoms with van der Waals surface area (Å²) in [5.74, 6) is -2.41. The monoisotopic (exact) mass is 245 g/mol. The van der Waals surface area contributed by atoms with Crippen molar-refractivity contribution in [2.24, 2.45) is 11.3 Å². The third kappa shape index (κ3) is 1.71. The lowest BCUT2D eigenvalue weighted by atomic mass is 9.75. The first-order chi connectivity index (χ1) is 7.58. The molecule has 1 amide bonds. The predicted molar refractivity (Wildman–Crippen MR) is 59.1 cm³/mol. The first-order valence-electron chi connectivity index (χ1n) is 5.50. The number of nitrogens with one attached hydrogen (secondary N) is 1. The van der Waals surface area contributed by atoms with Crippen LogP contribution < -0.4 is 5.32 Å². The van der Waals surface area contributed by atoms with E-state index in [4.69, 9.17) is 0 Å². The van der Waals surface area contributed by atoms with Gasteiger partial charge < -0.3 is 20.6 Å². The van der Waals surface area contributed by atoms with Crippen molar-refractivity contribution in [1.82, 2.24) is 5.32 Å². The molecule has 1 rings (SSSR count). The van der Waals surface area contributed by atoms with Crippen molar-refractivity contribution in [3.8, 4) is 0 Å². The Morgan fingerprint density at radius 2 is 1.88 bits per heavy atom. The molecular formula is C11H19NO5. The van der Waals surface area contributed by atoms with Crippen molar-refractivity contribution >= 4 is 11.9 Å².